The Morgan fingerprint density at radius 2 is 2.05 bits per heavy atom. The molecule has 1 aliphatic rings. The average Bonchev–Trinajstić information content (AvgIpc) is 2.49. The van der Waals surface area contributed by atoms with Crippen LogP contribution in [0.2, 0.25) is 0 Å². The van der Waals surface area contributed by atoms with Crippen LogP contribution in [-0.4, -0.2) is 27.6 Å². The first-order chi connectivity index (χ1) is 10.5. The zero-order chi connectivity index (χ0) is 16.0. The van der Waals surface area contributed by atoms with E-state index in [2.05, 4.69) is 5.32 Å². The molecule has 6 heteroatoms. The standard InChI is InChI=1S/C16H22N2O3S/c1-13-3-9-16(10-4-13)22(19,20)21-12-2-11-18-15-7-5-14(17)6-8-15/h3-7,9-10,15,18H,2,8,11-12,17H2,1H3. The molecule has 0 fully saturated rings. The van der Waals surface area contributed by atoms with Crippen molar-refractivity contribution in [2.24, 2.45) is 5.73 Å². The van der Waals surface area contributed by atoms with Gasteiger partial charge in [-0.25, -0.2) is 0 Å². The van der Waals surface area contributed by atoms with Crippen LogP contribution in [0.25, 0.3) is 0 Å². The summed E-state index contributed by atoms with van der Waals surface area (Å²) in [5.74, 6) is 0. The Morgan fingerprint density at radius 1 is 1.32 bits per heavy atom. The maximum atomic E-state index is 12.0. The fraction of sp³-hybridized carbons (Fsp3) is 0.375. The molecule has 2 rings (SSSR count). The molecule has 0 aliphatic heterocycles. The SMILES string of the molecule is Cc1ccc(S(=O)(=O)OCCCNC2C=CC(N)=CC2)cc1. The summed E-state index contributed by atoms with van der Waals surface area (Å²) in [5.41, 5.74) is 7.44. The van der Waals surface area contributed by atoms with E-state index in [1.54, 1.807) is 24.3 Å². The molecule has 0 radical (unpaired) electrons. The maximum Gasteiger partial charge on any atom is 0.296 e. The second-order valence-corrected chi connectivity index (χ2v) is 6.92. The van der Waals surface area contributed by atoms with E-state index in [1.165, 1.54) is 0 Å². The Balaban J connectivity index is 1.70. The van der Waals surface area contributed by atoms with E-state index in [9.17, 15) is 8.42 Å². The molecule has 1 unspecified atom stereocenters. The van der Waals surface area contributed by atoms with E-state index in [4.69, 9.17) is 9.92 Å². The lowest BCUT2D eigenvalue weighted by Gasteiger charge is -2.16. The van der Waals surface area contributed by atoms with Crippen LogP contribution in [0.3, 0.4) is 0 Å². The quantitative estimate of drug-likeness (QED) is 0.591. The first kappa shape index (κ1) is 16.7. The van der Waals surface area contributed by atoms with Crippen LogP contribution >= 0.6 is 0 Å². The molecule has 0 saturated heterocycles. The maximum absolute atomic E-state index is 12.0. The fourth-order valence-corrected chi connectivity index (χ4v) is 3.03. The summed E-state index contributed by atoms with van der Waals surface area (Å²) < 4.78 is 29.0. The largest absolute Gasteiger partial charge is 0.399 e. The van der Waals surface area contributed by atoms with Crippen molar-refractivity contribution in [2.75, 3.05) is 13.2 Å². The summed E-state index contributed by atoms with van der Waals surface area (Å²) in [6, 6.07) is 6.89. The zero-order valence-corrected chi connectivity index (χ0v) is 13.5. The van der Waals surface area contributed by atoms with Gasteiger partial charge in [0, 0.05) is 11.7 Å². The van der Waals surface area contributed by atoms with Crippen LogP contribution in [0.1, 0.15) is 18.4 Å². The number of hydrogen-bond donors (Lipinski definition) is 2. The van der Waals surface area contributed by atoms with Gasteiger partial charge in [-0.05, 0) is 44.5 Å². The minimum absolute atomic E-state index is 0.164. The van der Waals surface area contributed by atoms with E-state index in [0.29, 0.717) is 13.0 Å². The molecule has 0 bridgehead atoms. The van der Waals surface area contributed by atoms with Gasteiger partial charge >= 0.3 is 0 Å². The van der Waals surface area contributed by atoms with Crippen LogP contribution in [0, 0.1) is 6.92 Å². The molecule has 1 atom stereocenters. The lowest BCUT2D eigenvalue weighted by Crippen LogP contribution is -2.30. The van der Waals surface area contributed by atoms with E-state index in [1.807, 2.05) is 25.2 Å². The summed E-state index contributed by atoms with van der Waals surface area (Å²) in [5, 5.41) is 3.31. The molecule has 0 saturated carbocycles. The van der Waals surface area contributed by atoms with Crippen molar-refractivity contribution in [2.45, 2.75) is 30.7 Å². The van der Waals surface area contributed by atoms with Gasteiger partial charge in [-0.3, -0.25) is 4.18 Å². The number of nitrogens with one attached hydrogen (secondary N) is 1. The van der Waals surface area contributed by atoms with Gasteiger partial charge in [0.2, 0.25) is 0 Å². The molecule has 1 aliphatic carbocycles. The van der Waals surface area contributed by atoms with Gasteiger partial charge < -0.3 is 11.1 Å². The first-order valence-corrected chi connectivity index (χ1v) is 8.71. The number of allylic oxidation sites excluding steroid dienone is 1. The molecule has 0 heterocycles. The fourth-order valence-electron chi connectivity index (χ4n) is 2.09. The predicted molar refractivity (Wildman–Crippen MR) is 86.8 cm³/mol. The number of benzene rings is 1. The highest BCUT2D eigenvalue weighted by molar-refractivity contribution is 7.86. The molecule has 22 heavy (non-hydrogen) atoms. The summed E-state index contributed by atoms with van der Waals surface area (Å²) in [6.07, 6.45) is 7.33. The normalized spacial score (nSPS) is 18.2. The van der Waals surface area contributed by atoms with Crippen LogP contribution in [0.15, 0.2) is 53.1 Å². The van der Waals surface area contributed by atoms with Crippen LogP contribution in [0.5, 0.6) is 0 Å². The molecule has 1 aromatic rings. The second kappa shape index (κ2) is 7.58. The van der Waals surface area contributed by atoms with Crippen molar-refractivity contribution in [1.29, 1.82) is 0 Å². The molecule has 0 aromatic heterocycles. The van der Waals surface area contributed by atoms with Crippen molar-refractivity contribution in [1.82, 2.24) is 5.32 Å². The summed E-state index contributed by atoms with van der Waals surface area (Å²) in [7, 11) is -3.66. The lowest BCUT2D eigenvalue weighted by molar-refractivity contribution is 0.308. The summed E-state index contributed by atoms with van der Waals surface area (Å²) in [6.45, 7) is 2.76. The van der Waals surface area contributed by atoms with Crippen LogP contribution < -0.4 is 11.1 Å². The third kappa shape index (κ3) is 4.98. The lowest BCUT2D eigenvalue weighted by atomic mass is 10.1. The topological polar surface area (TPSA) is 81.4 Å². The monoisotopic (exact) mass is 322 g/mol. The Bertz CT molecular complexity index is 648. The minimum atomic E-state index is -3.66. The van der Waals surface area contributed by atoms with Crippen LogP contribution in [-0.2, 0) is 14.3 Å². The van der Waals surface area contributed by atoms with E-state index in [0.717, 1.165) is 17.7 Å². The van der Waals surface area contributed by atoms with Crippen molar-refractivity contribution >= 4 is 10.1 Å². The molecular formula is C16H22N2O3S. The molecular weight excluding hydrogens is 300 g/mol. The highest BCUT2D eigenvalue weighted by atomic mass is 32.2. The highest BCUT2D eigenvalue weighted by Gasteiger charge is 2.14. The Morgan fingerprint density at radius 3 is 2.68 bits per heavy atom. The van der Waals surface area contributed by atoms with Gasteiger partial charge in [0.05, 0.1) is 11.5 Å². The van der Waals surface area contributed by atoms with Crippen molar-refractivity contribution in [3.63, 3.8) is 0 Å². The van der Waals surface area contributed by atoms with Crippen molar-refractivity contribution in [3.8, 4) is 0 Å². The Hall–Kier alpha value is -1.63. The molecule has 5 nitrogen and oxygen atoms in total. The number of aryl methyl sites for hydroxylation is 1. The minimum Gasteiger partial charge on any atom is -0.399 e. The molecule has 0 spiro atoms. The van der Waals surface area contributed by atoms with Gasteiger partial charge in [0.1, 0.15) is 0 Å². The first-order valence-electron chi connectivity index (χ1n) is 7.31. The molecule has 120 valence electrons. The van der Waals surface area contributed by atoms with E-state index >= 15 is 0 Å². The Kier molecular flexibility index (Phi) is 5.76. The third-order valence-corrected chi connectivity index (χ3v) is 4.73. The highest BCUT2D eigenvalue weighted by Crippen LogP contribution is 2.13. The van der Waals surface area contributed by atoms with Crippen LogP contribution in [0.4, 0.5) is 0 Å². The number of rotatable bonds is 7. The second-order valence-electron chi connectivity index (χ2n) is 5.30. The third-order valence-electron chi connectivity index (χ3n) is 3.40. The van der Waals surface area contributed by atoms with Gasteiger partial charge in [0.25, 0.3) is 10.1 Å². The summed E-state index contributed by atoms with van der Waals surface area (Å²) in [4.78, 5) is 0.196. The van der Waals surface area contributed by atoms with E-state index in [-0.39, 0.29) is 17.5 Å². The average molecular weight is 322 g/mol. The Labute approximate surface area is 132 Å². The smallest absolute Gasteiger partial charge is 0.296 e. The molecule has 1 aromatic carbocycles. The van der Waals surface area contributed by atoms with Gasteiger partial charge in [-0.1, -0.05) is 29.8 Å². The van der Waals surface area contributed by atoms with E-state index < -0.39 is 10.1 Å². The number of nitrogens with two attached hydrogens (primary N) is 1. The van der Waals surface area contributed by atoms with Crippen molar-refractivity contribution < 1.29 is 12.6 Å². The van der Waals surface area contributed by atoms with Crippen molar-refractivity contribution in [3.05, 3.63) is 53.8 Å². The number of hydrogen-bond acceptors (Lipinski definition) is 5. The van der Waals surface area contributed by atoms with Gasteiger partial charge in [0.15, 0.2) is 0 Å². The summed E-state index contributed by atoms with van der Waals surface area (Å²) >= 11 is 0. The molecule has 3 N–H and O–H groups in total. The van der Waals surface area contributed by atoms with Gasteiger partial charge in [-0.15, -0.1) is 0 Å². The van der Waals surface area contributed by atoms with Gasteiger partial charge in [-0.2, -0.15) is 8.42 Å². The zero-order valence-electron chi connectivity index (χ0n) is 12.7. The predicted octanol–water partition coefficient (Wildman–Crippen LogP) is 1.85. The molecule has 0 amide bonds.